The van der Waals surface area contributed by atoms with Gasteiger partial charge in [-0.15, -0.1) is 11.3 Å². The summed E-state index contributed by atoms with van der Waals surface area (Å²) in [6.07, 6.45) is -0.170. The molecular formula is C12H19ClN2O3S2. The summed E-state index contributed by atoms with van der Waals surface area (Å²) in [6, 6.07) is 3.63. The molecule has 0 spiro atoms. The molecule has 1 aromatic heterocycles. The highest BCUT2D eigenvalue weighted by Gasteiger charge is 2.33. The Morgan fingerprint density at radius 2 is 2.00 bits per heavy atom. The van der Waals surface area contributed by atoms with Crippen molar-refractivity contribution in [1.29, 1.82) is 0 Å². The number of rotatable bonds is 4. The summed E-state index contributed by atoms with van der Waals surface area (Å²) in [5, 5.41) is 0. The summed E-state index contributed by atoms with van der Waals surface area (Å²) in [5.74, 6) is 0. The summed E-state index contributed by atoms with van der Waals surface area (Å²) in [4.78, 5) is 0.926. The monoisotopic (exact) mass is 338 g/mol. The van der Waals surface area contributed by atoms with Gasteiger partial charge in [0.2, 0.25) is 0 Å². The van der Waals surface area contributed by atoms with Gasteiger partial charge in [-0.2, -0.15) is 17.0 Å². The molecule has 0 aromatic carbocycles. The number of nitrogens with zero attached hydrogens (tertiary/aromatic N) is 2. The Bertz CT molecular complexity index is 551. The molecule has 1 saturated heterocycles. The van der Waals surface area contributed by atoms with Gasteiger partial charge >= 0.3 is 0 Å². The average molecular weight is 339 g/mol. The van der Waals surface area contributed by atoms with Crippen molar-refractivity contribution >= 4 is 33.1 Å². The first-order valence-electron chi connectivity index (χ1n) is 6.40. The first-order chi connectivity index (χ1) is 9.29. The minimum atomic E-state index is -3.47. The SMILES string of the molecule is CC1CN(S(=O)(=O)N(C)Cc2ccc(Cl)s2)CC(C)O1. The zero-order valence-electron chi connectivity index (χ0n) is 11.7. The van der Waals surface area contributed by atoms with Crippen molar-refractivity contribution in [3.8, 4) is 0 Å². The first kappa shape index (κ1) is 16.2. The van der Waals surface area contributed by atoms with Crippen molar-refractivity contribution in [3.63, 3.8) is 0 Å². The van der Waals surface area contributed by atoms with Gasteiger partial charge in [0.15, 0.2) is 0 Å². The lowest BCUT2D eigenvalue weighted by Gasteiger charge is -2.36. The normalized spacial score (nSPS) is 25.2. The number of hydrogen-bond donors (Lipinski definition) is 0. The highest BCUT2D eigenvalue weighted by atomic mass is 35.5. The van der Waals surface area contributed by atoms with Crippen molar-refractivity contribution in [2.45, 2.75) is 32.6 Å². The third-order valence-corrected chi connectivity index (χ3v) is 6.20. The summed E-state index contributed by atoms with van der Waals surface area (Å²) in [5.41, 5.74) is 0. The maximum atomic E-state index is 12.6. The van der Waals surface area contributed by atoms with E-state index in [4.69, 9.17) is 16.3 Å². The van der Waals surface area contributed by atoms with E-state index in [-0.39, 0.29) is 12.2 Å². The van der Waals surface area contributed by atoms with Gasteiger partial charge < -0.3 is 4.74 Å². The van der Waals surface area contributed by atoms with E-state index in [2.05, 4.69) is 0 Å². The number of morpholine rings is 1. The van der Waals surface area contributed by atoms with Crippen molar-refractivity contribution < 1.29 is 13.2 Å². The molecule has 1 aromatic rings. The first-order valence-corrected chi connectivity index (χ1v) is 8.99. The molecule has 20 heavy (non-hydrogen) atoms. The minimum absolute atomic E-state index is 0.0851. The summed E-state index contributed by atoms with van der Waals surface area (Å²) < 4.78 is 34.2. The van der Waals surface area contributed by atoms with Crippen LogP contribution in [0.3, 0.4) is 0 Å². The minimum Gasteiger partial charge on any atom is -0.373 e. The summed E-state index contributed by atoms with van der Waals surface area (Å²) >= 11 is 7.26. The van der Waals surface area contributed by atoms with E-state index in [1.807, 2.05) is 19.9 Å². The fraction of sp³-hybridized carbons (Fsp3) is 0.667. The zero-order valence-corrected chi connectivity index (χ0v) is 14.1. The Hall–Kier alpha value is -0.180. The van der Waals surface area contributed by atoms with Crippen LogP contribution < -0.4 is 0 Å². The Balaban J connectivity index is 2.08. The molecule has 5 nitrogen and oxygen atoms in total. The largest absolute Gasteiger partial charge is 0.373 e. The molecule has 1 aliphatic heterocycles. The molecule has 2 atom stereocenters. The highest BCUT2D eigenvalue weighted by molar-refractivity contribution is 7.86. The maximum absolute atomic E-state index is 12.6. The standard InChI is InChI=1S/C12H19ClN2O3S2/c1-9-6-15(7-10(2)18-9)20(16,17)14(3)8-11-4-5-12(13)19-11/h4-5,9-10H,6-8H2,1-3H3. The molecular weight excluding hydrogens is 320 g/mol. The van der Waals surface area contributed by atoms with Crippen LogP contribution in [0, 0.1) is 0 Å². The molecule has 0 aliphatic carbocycles. The predicted molar refractivity (Wildman–Crippen MR) is 81.3 cm³/mol. The van der Waals surface area contributed by atoms with Crippen molar-refractivity contribution in [3.05, 3.63) is 21.3 Å². The highest BCUT2D eigenvalue weighted by Crippen LogP contribution is 2.24. The van der Waals surface area contributed by atoms with Gasteiger partial charge in [0.25, 0.3) is 10.2 Å². The molecule has 0 N–H and O–H groups in total. The molecule has 2 heterocycles. The van der Waals surface area contributed by atoms with Crippen LogP contribution in [0.15, 0.2) is 12.1 Å². The fourth-order valence-corrected chi connectivity index (χ4v) is 4.97. The molecule has 1 aliphatic rings. The average Bonchev–Trinajstić information content (AvgIpc) is 2.73. The second kappa shape index (κ2) is 6.29. The van der Waals surface area contributed by atoms with Gasteiger partial charge in [0.05, 0.1) is 16.5 Å². The van der Waals surface area contributed by atoms with Gasteiger partial charge in [-0.1, -0.05) is 11.6 Å². The number of ether oxygens (including phenoxy) is 1. The maximum Gasteiger partial charge on any atom is 0.282 e. The van der Waals surface area contributed by atoms with Crippen LogP contribution in [-0.2, 0) is 21.5 Å². The van der Waals surface area contributed by atoms with Crippen molar-refractivity contribution in [2.24, 2.45) is 0 Å². The van der Waals surface area contributed by atoms with Crippen LogP contribution in [0.5, 0.6) is 0 Å². The lowest BCUT2D eigenvalue weighted by atomic mass is 10.3. The quantitative estimate of drug-likeness (QED) is 0.845. The van der Waals surface area contributed by atoms with Crippen LogP contribution in [0.1, 0.15) is 18.7 Å². The van der Waals surface area contributed by atoms with Crippen LogP contribution >= 0.6 is 22.9 Å². The topological polar surface area (TPSA) is 49.9 Å². The van der Waals surface area contributed by atoms with Gasteiger partial charge in [0.1, 0.15) is 0 Å². The molecule has 1 fully saturated rings. The van der Waals surface area contributed by atoms with Crippen molar-refractivity contribution in [1.82, 2.24) is 8.61 Å². The van der Waals surface area contributed by atoms with E-state index in [1.165, 1.54) is 19.9 Å². The Morgan fingerprint density at radius 1 is 1.40 bits per heavy atom. The predicted octanol–water partition coefficient (Wildman–Crippen LogP) is 2.19. The molecule has 2 rings (SSSR count). The number of thiophene rings is 1. The fourth-order valence-electron chi connectivity index (χ4n) is 2.25. The van der Waals surface area contributed by atoms with Crippen LogP contribution in [0.25, 0.3) is 0 Å². The smallest absolute Gasteiger partial charge is 0.282 e. The van der Waals surface area contributed by atoms with Gasteiger partial charge in [0, 0.05) is 31.6 Å². The van der Waals surface area contributed by atoms with Crippen LogP contribution in [0.2, 0.25) is 4.34 Å². The molecule has 114 valence electrons. The van der Waals surface area contributed by atoms with E-state index < -0.39 is 10.2 Å². The molecule has 0 amide bonds. The van der Waals surface area contributed by atoms with E-state index in [9.17, 15) is 8.42 Å². The third-order valence-electron chi connectivity index (χ3n) is 3.11. The zero-order chi connectivity index (χ0) is 14.9. The molecule has 0 radical (unpaired) electrons. The Morgan fingerprint density at radius 3 is 2.50 bits per heavy atom. The van der Waals surface area contributed by atoms with Crippen molar-refractivity contribution in [2.75, 3.05) is 20.1 Å². The lowest BCUT2D eigenvalue weighted by Crippen LogP contribution is -2.52. The molecule has 0 saturated carbocycles. The molecule has 0 bridgehead atoms. The van der Waals surface area contributed by atoms with Crippen LogP contribution in [-0.4, -0.2) is 49.4 Å². The number of hydrogen-bond acceptors (Lipinski definition) is 4. The molecule has 2 unspecified atom stereocenters. The Labute approximate surface area is 129 Å². The summed E-state index contributed by atoms with van der Waals surface area (Å²) in [7, 11) is -1.88. The van der Waals surface area contributed by atoms with E-state index in [1.54, 1.807) is 13.1 Å². The van der Waals surface area contributed by atoms with Gasteiger partial charge in [-0.25, -0.2) is 0 Å². The second-order valence-electron chi connectivity index (χ2n) is 5.04. The molecule has 8 heteroatoms. The Kier molecular flexibility index (Phi) is 5.09. The number of halogens is 1. The van der Waals surface area contributed by atoms with E-state index in [0.29, 0.717) is 24.0 Å². The third kappa shape index (κ3) is 3.72. The van der Waals surface area contributed by atoms with Gasteiger partial charge in [-0.05, 0) is 26.0 Å². The van der Waals surface area contributed by atoms with Crippen LogP contribution in [0.4, 0.5) is 0 Å². The van der Waals surface area contributed by atoms with E-state index >= 15 is 0 Å². The van der Waals surface area contributed by atoms with Gasteiger partial charge in [-0.3, -0.25) is 0 Å². The lowest BCUT2D eigenvalue weighted by molar-refractivity contribution is -0.0453. The van der Waals surface area contributed by atoms with E-state index in [0.717, 1.165) is 4.88 Å². The second-order valence-corrected chi connectivity index (χ2v) is 8.88. The summed E-state index contributed by atoms with van der Waals surface area (Å²) in [6.45, 7) is 4.89.